The fourth-order valence-corrected chi connectivity index (χ4v) is 2.13. The Labute approximate surface area is 121 Å². The van der Waals surface area contributed by atoms with E-state index >= 15 is 0 Å². The van der Waals surface area contributed by atoms with Gasteiger partial charge in [-0.25, -0.2) is 0 Å². The molecule has 0 saturated carbocycles. The van der Waals surface area contributed by atoms with Crippen LogP contribution in [0.3, 0.4) is 0 Å². The predicted octanol–water partition coefficient (Wildman–Crippen LogP) is 3.04. The van der Waals surface area contributed by atoms with Gasteiger partial charge in [-0.3, -0.25) is 4.79 Å². The Morgan fingerprint density at radius 3 is 2.45 bits per heavy atom. The summed E-state index contributed by atoms with van der Waals surface area (Å²) >= 11 is 0. The zero-order valence-electron chi connectivity index (χ0n) is 12.9. The number of ether oxygens (including phenoxy) is 2. The summed E-state index contributed by atoms with van der Waals surface area (Å²) in [6.07, 6.45) is 2.20. The van der Waals surface area contributed by atoms with Gasteiger partial charge < -0.3 is 15.2 Å². The van der Waals surface area contributed by atoms with E-state index in [1.54, 1.807) is 32.4 Å². The first-order chi connectivity index (χ1) is 9.43. The Morgan fingerprint density at radius 2 is 1.90 bits per heavy atom. The number of rotatable bonds is 8. The van der Waals surface area contributed by atoms with Crippen molar-refractivity contribution in [1.82, 2.24) is 0 Å². The van der Waals surface area contributed by atoms with Crippen LogP contribution in [0.5, 0.6) is 11.5 Å². The van der Waals surface area contributed by atoms with Crippen molar-refractivity contribution >= 4 is 5.78 Å². The normalized spacial score (nSPS) is 11.2. The van der Waals surface area contributed by atoms with Crippen LogP contribution in [0.15, 0.2) is 18.2 Å². The van der Waals surface area contributed by atoms with E-state index in [9.17, 15) is 4.79 Å². The van der Waals surface area contributed by atoms with Gasteiger partial charge in [-0.2, -0.15) is 0 Å². The van der Waals surface area contributed by atoms with Crippen LogP contribution in [-0.4, -0.2) is 26.5 Å². The topological polar surface area (TPSA) is 61.5 Å². The van der Waals surface area contributed by atoms with E-state index in [-0.39, 0.29) is 11.2 Å². The summed E-state index contributed by atoms with van der Waals surface area (Å²) in [7, 11) is 3.15. The summed E-state index contributed by atoms with van der Waals surface area (Å²) in [6.45, 7) is 4.91. The zero-order valence-corrected chi connectivity index (χ0v) is 12.9. The summed E-state index contributed by atoms with van der Waals surface area (Å²) in [5.74, 6) is 1.33. The Bertz CT molecular complexity index is 455. The van der Waals surface area contributed by atoms with Crippen LogP contribution in [0.1, 0.15) is 43.5 Å². The number of carbonyl (C=O) groups is 1. The van der Waals surface area contributed by atoms with Crippen molar-refractivity contribution in [2.75, 3.05) is 20.8 Å². The van der Waals surface area contributed by atoms with E-state index in [2.05, 4.69) is 13.8 Å². The second-order valence-electron chi connectivity index (χ2n) is 5.69. The van der Waals surface area contributed by atoms with Crippen molar-refractivity contribution < 1.29 is 14.3 Å². The molecular weight excluding hydrogens is 254 g/mol. The van der Waals surface area contributed by atoms with E-state index in [1.807, 2.05) is 0 Å². The van der Waals surface area contributed by atoms with Gasteiger partial charge in [0, 0.05) is 6.42 Å². The molecule has 0 aromatic heterocycles. The maximum absolute atomic E-state index is 12.4. The molecule has 4 heteroatoms. The van der Waals surface area contributed by atoms with E-state index < -0.39 is 0 Å². The molecule has 0 saturated heterocycles. The van der Waals surface area contributed by atoms with Crippen molar-refractivity contribution in [2.45, 2.75) is 33.1 Å². The molecule has 2 N–H and O–H groups in total. The molecule has 0 aliphatic carbocycles. The molecule has 1 aromatic rings. The van der Waals surface area contributed by atoms with Crippen LogP contribution >= 0.6 is 0 Å². The molecule has 1 rings (SSSR count). The lowest BCUT2D eigenvalue weighted by molar-refractivity contribution is 0.0958. The Hall–Kier alpha value is -1.55. The first-order valence-corrected chi connectivity index (χ1v) is 6.89. The SMILES string of the molecule is COc1ccc(OC)c(C(=O)CCC(C)(C)CCN)c1. The number of ketones is 1. The second-order valence-corrected chi connectivity index (χ2v) is 5.69. The Kier molecular flexibility index (Phi) is 6.02. The molecule has 4 nitrogen and oxygen atoms in total. The highest BCUT2D eigenvalue weighted by atomic mass is 16.5. The maximum Gasteiger partial charge on any atom is 0.166 e. The maximum atomic E-state index is 12.4. The van der Waals surface area contributed by atoms with Crippen LogP contribution in [-0.2, 0) is 0 Å². The summed E-state index contributed by atoms with van der Waals surface area (Å²) in [5, 5.41) is 0. The lowest BCUT2D eigenvalue weighted by atomic mass is 9.83. The number of benzene rings is 1. The fraction of sp³-hybridized carbons (Fsp3) is 0.562. The average molecular weight is 279 g/mol. The van der Waals surface area contributed by atoms with Crippen LogP contribution in [0.4, 0.5) is 0 Å². The lowest BCUT2D eigenvalue weighted by Crippen LogP contribution is -2.18. The van der Waals surface area contributed by atoms with Gasteiger partial charge >= 0.3 is 0 Å². The third-order valence-corrected chi connectivity index (χ3v) is 3.56. The second kappa shape index (κ2) is 7.29. The van der Waals surface area contributed by atoms with Crippen LogP contribution in [0, 0.1) is 5.41 Å². The van der Waals surface area contributed by atoms with Crippen molar-refractivity contribution in [3.8, 4) is 11.5 Å². The minimum Gasteiger partial charge on any atom is -0.497 e. The third kappa shape index (κ3) is 4.53. The van der Waals surface area contributed by atoms with E-state index in [0.29, 0.717) is 30.0 Å². The molecule has 0 spiro atoms. The number of hydrogen-bond acceptors (Lipinski definition) is 4. The molecule has 20 heavy (non-hydrogen) atoms. The van der Waals surface area contributed by atoms with Gasteiger partial charge in [-0.1, -0.05) is 13.8 Å². The van der Waals surface area contributed by atoms with Crippen molar-refractivity contribution in [1.29, 1.82) is 0 Å². The quantitative estimate of drug-likeness (QED) is 0.743. The van der Waals surface area contributed by atoms with Gasteiger partial charge in [0.15, 0.2) is 5.78 Å². The predicted molar refractivity (Wildman–Crippen MR) is 80.6 cm³/mol. The van der Waals surface area contributed by atoms with Crippen LogP contribution < -0.4 is 15.2 Å². The molecule has 0 aliphatic heterocycles. The highest BCUT2D eigenvalue weighted by Crippen LogP contribution is 2.30. The monoisotopic (exact) mass is 279 g/mol. The molecular formula is C16H25NO3. The molecule has 0 aliphatic rings. The summed E-state index contributed by atoms with van der Waals surface area (Å²) in [4.78, 5) is 12.4. The van der Waals surface area contributed by atoms with Gasteiger partial charge in [-0.05, 0) is 43.0 Å². The summed E-state index contributed by atoms with van der Waals surface area (Å²) in [5.41, 5.74) is 6.25. The minimum absolute atomic E-state index is 0.0749. The molecule has 1 aromatic carbocycles. The standard InChI is InChI=1S/C16H25NO3/c1-16(2,9-10-17)8-7-14(18)13-11-12(19-3)5-6-15(13)20-4/h5-6,11H,7-10,17H2,1-4H3. The molecule has 0 amide bonds. The molecule has 0 heterocycles. The van der Waals surface area contributed by atoms with Crippen molar-refractivity contribution in [2.24, 2.45) is 11.1 Å². The van der Waals surface area contributed by atoms with E-state index in [1.165, 1.54) is 0 Å². The largest absolute Gasteiger partial charge is 0.497 e. The number of Topliss-reactive ketones (excluding diaryl/α,β-unsaturated/α-hetero) is 1. The van der Waals surface area contributed by atoms with Crippen molar-refractivity contribution in [3.05, 3.63) is 23.8 Å². The molecule has 112 valence electrons. The zero-order chi connectivity index (χ0) is 15.2. The highest BCUT2D eigenvalue weighted by Gasteiger charge is 2.20. The summed E-state index contributed by atoms with van der Waals surface area (Å²) in [6, 6.07) is 5.28. The molecule has 0 fully saturated rings. The molecule has 0 unspecified atom stereocenters. The van der Waals surface area contributed by atoms with Crippen LogP contribution in [0.25, 0.3) is 0 Å². The van der Waals surface area contributed by atoms with Gasteiger partial charge in [0.05, 0.1) is 19.8 Å². The lowest BCUT2D eigenvalue weighted by Gasteiger charge is -2.23. The third-order valence-electron chi connectivity index (χ3n) is 3.56. The Balaban J connectivity index is 2.81. The van der Waals surface area contributed by atoms with Crippen molar-refractivity contribution in [3.63, 3.8) is 0 Å². The Morgan fingerprint density at radius 1 is 1.20 bits per heavy atom. The average Bonchev–Trinajstić information content (AvgIpc) is 2.44. The van der Waals surface area contributed by atoms with E-state index in [0.717, 1.165) is 12.8 Å². The minimum atomic E-state index is 0.0749. The number of methoxy groups -OCH3 is 2. The molecule has 0 bridgehead atoms. The number of hydrogen-bond donors (Lipinski definition) is 1. The van der Waals surface area contributed by atoms with Gasteiger partial charge in [-0.15, -0.1) is 0 Å². The number of nitrogens with two attached hydrogens (primary N) is 1. The highest BCUT2D eigenvalue weighted by molar-refractivity contribution is 5.99. The molecule has 0 atom stereocenters. The smallest absolute Gasteiger partial charge is 0.166 e. The number of carbonyl (C=O) groups excluding carboxylic acids is 1. The van der Waals surface area contributed by atoms with Gasteiger partial charge in [0.25, 0.3) is 0 Å². The van der Waals surface area contributed by atoms with Gasteiger partial charge in [0.2, 0.25) is 0 Å². The van der Waals surface area contributed by atoms with Crippen LogP contribution in [0.2, 0.25) is 0 Å². The van der Waals surface area contributed by atoms with Gasteiger partial charge in [0.1, 0.15) is 11.5 Å². The fourth-order valence-electron chi connectivity index (χ4n) is 2.13. The van der Waals surface area contributed by atoms with E-state index in [4.69, 9.17) is 15.2 Å². The first-order valence-electron chi connectivity index (χ1n) is 6.89. The molecule has 0 radical (unpaired) electrons. The summed E-state index contributed by atoms with van der Waals surface area (Å²) < 4.78 is 10.4. The first kappa shape index (κ1) is 16.5.